The van der Waals surface area contributed by atoms with Gasteiger partial charge in [0.05, 0.1) is 29.9 Å². The summed E-state index contributed by atoms with van der Waals surface area (Å²) in [7, 11) is 0. The number of rotatable bonds is 8. The first-order chi connectivity index (χ1) is 16.3. The number of aromatic amines is 1. The number of nitrogens with zero attached hydrogens (tertiary/aromatic N) is 4. The number of ether oxygens (including phenoxy) is 1. The summed E-state index contributed by atoms with van der Waals surface area (Å²) < 4.78 is 45.7. The summed E-state index contributed by atoms with van der Waals surface area (Å²) in [6.45, 7) is 4.44. The molecule has 178 valence electrons. The molecule has 0 spiro atoms. The van der Waals surface area contributed by atoms with Crippen molar-refractivity contribution in [2.24, 2.45) is 0 Å². The number of hydrogen-bond acceptors (Lipinski definition) is 6. The molecule has 1 fully saturated rings. The van der Waals surface area contributed by atoms with E-state index >= 15 is 0 Å². The molecule has 1 saturated heterocycles. The molecule has 4 rings (SSSR count). The van der Waals surface area contributed by atoms with E-state index in [1.54, 1.807) is 17.9 Å². The zero-order valence-corrected chi connectivity index (χ0v) is 18.3. The molecule has 3 aromatic rings. The van der Waals surface area contributed by atoms with Crippen LogP contribution in [0.4, 0.5) is 18.0 Å². The molecule has 3 N–H and O–H groups in total. The first kappa shape index (κ1) is 23.3. The van der Waals surface area contributed by atoms with Crippen molar-refractivity contribution in [2.75, 3.05) is 32.8 Å². The summed E-state index contributed by atoms with van der Waals surface area (Å²) in [5.41, 5.74) is 0.330. The van der Waals surface area contributed by atoms with E-state index < -0.39 is 11.7 Å². The standard InChI is InChI=1S/C22H22F3N7O2/c1-2-34-18-4-3-13(9-14(18)22(23,24)25)15-10-16-20(17(11-26)29-15)31-19(30-16)12-27-5-7-32-8-6-28-21(32)33/h3-4,9-10,27H,2,5-8,12H2,1H3,(H,28,33)(H,30,31). The molecular weight excluding hydrogens is 451 g/mol. The molecule has 9 nitrogen and oxygen atoms in total. The second kappa shape index (κ2) is 9.56. The van der Waals surface area contributed by atoms with E-state index in [1.165, 1.54) is 12.1 Å². The Morgan fingerprint density at radius 2 is 2.12 bits per heavy atom. The van der Waals surface area contributed by atoms with Gasteiger partial charge in [-0.2, -0.15) is 18.4 Å². The predicted octanol–water partition coefficient (Wildman–Crippen LogP) is 3.03. The number of carbonyl (C=O) groups is 1. The molecule has 0 aliphatic carbocycles. The Labute approximate surface area is 192 Å². The van der Waals surface area contributed by atoms with Crippen LogP contribution in [0.25, 0.3) is 22.3 Å². The fraction of sp³-hybridized carbons (Fsp3) is 0.364. The molecule has 3 heterocycles. The topological polar surface area (TPSA) is 119 Å². The van der Waals surface area contributed by atoms with Crippen LogP contribution in [0.1, 0.15) is 24.0 Å². The molecule has 2 amide bonds. The number of benzene rings is 1. The number of nitriles is 1. The first-order valence-corrected chi connectivity index (χ1v) is 10.7. The second-order valence-corrected chi connectivity index (χ2v) is 7.59. The van der Waals surface area contributed by atoms with Crippen molar-refractivity contribution in [3.05, 3.63) is 41.3 Å². The Morgan fingerprint density at radius 1 is 1.29 bits per heavy atom. The first-order valence-electron chi connectivity index (χ1n) is 10.7. The third kappa shape index (κ3) is 4.89. The Kier molecular flexibility index (Phi) is 6.56. The lowest BCUT2D eigenvalue weighted by Crippen LogP contribution is -2.34. The Balaban J connectivity index is 1.57. The maximum absolute atomic E-state index is 13.5. The van der Waals surface area contributed by atoms with Crippen LogP contribution in [0.5, 0.6) is 5.75 Å². The molecule has 1 aliphatic heterocycles. The lowest BCUT2D eigenvalue weighted by atomic mass is 10.1. The smallest absolute Gasteiger partial charge is 0.419 e. The summed E-state index contributed by atoms with van der Waals surface area (Å²) in [4.78, 5) is 25.0. The van der Waals surface area contributed by atoms with Crippen LogP contribution in [-0.4, -0.2) is 58.7 Å². The Morgan fingerprint density at radius 3 is 2.79 bits per heavy atom. The highest BCUT2D eigenvalue weighted by atomic mass is 19.4. The van der Waals surface area contributed by atoms with Crippen molar-refractivity contribution in [1.29, 1.82) is 5.26 Å². The molecule has 1 aliphatic rings. The van der Waals surface area contributed by atoms with Crippen LogP contribution in [-0.2, 0) is 12.7 Å². The molecule has 0 bridgehead atoms. The van der Waals surface area contributed by atoms with Crippen molar-refractivity contribution in [3.8, 4) is 23.1 Å². The van der Waals surface area contributed by atoms with Gasteiger partial charge in [0.25, 0.3) is 0 Å². The molecule has 0 saturated carbocycles. The van der Waals surface area contributed by atoms with Gasteiger partial charge in [0, 0.05) is 31.7 Å². The summed E-state index contributed by atoms with van der Waals surface area (Å²) in [5.74, 6) is 0.278. The maximum atomic E-state index is 13.5. The molecule has 0 unspecified atom stereocenters. The van der Waals surface area contributed by atoms with Gasteiger partial charge in [-0.15, -0.1) is 0 Å². The number of amides is 2. The number of pyridine rings is 1. The molecule has 1 aromatic carbocycles. The zero-order valence-electron chi connectivity index (χ0n) is 18.3. The number of H-pyrrole nitrogens is 1. The molecular formula is C22H22F3N7O2. The highest BCUT2D eigenvalue weighted by Crippen LogP contribution is 2.39. The van der Waals surface area contributed by atoms with Crippen LogP contribution in [0.2, 0.25) is 0 Å². The molecule has 34 heavy (non-hydrogen) atoms. The highest BCUT2D eigenvalue weighted by Gasteiger charge is 2.35. The minimum Gasteiger partial charge on any atom is -0.493 e. The average Bonchev–Trinajstić information content (AvgIpc) is 3.41. The lowest BCUT2D eigenvalue weighted by molar-refractivity contribution is -0.138. The summed E-state index contributed by atoms with van der Waals surface area (Å²) in [5, 5.41) is 15.5. The quantitative estimate of drug-likeness (QED) is 0.433. The van der Waals surface area contributed by atoms with Gasteiger partial charge in [-0.05, 0) is 31.2 Å². The number of fused-ring (bicyclic) bond motifs is 1. The van der Waals surface area contributed by atoms with Gasteiger partial charge in [0.15, 0.2) is 5.69 Å². The number of imidazole rings is 1. The number of urea groups is 1. The normalized spacial score (nSPS) is 13.9. The average molecular weight is 473 g/mol. The van der Waals surface area contributed by atoms with Crippen molar-refractivity contribution < 1.29 is 22.7 Å². The number of halogens is 3. The van der Waals surface area contributed by atoms with Crippen molar-refractivity contribution in [2.45, 2.75) is 19.6 Å². The number of aromatic nitrogens is 3. The molecule has 0 radical (unpaired) electrons. The molecule has 2 aromatic heterocycles. The van der Waals surface area contributed by atoms with Gasteiger partial charge < -0.3 is 25.3 Å². The van der Waals surface area contributed by atoms with Crippen molar-refractivity contribution in [3.63, 3.8) is 0 Å². The largest absolute Gasteiger partial charge is 0.493 e. The van der Waals surface area contributed by atoms with Crippen LogP contribution < -0.4 is 15.4 Å². The van der Waals surface area contributed by atoms with E-state index in [0.29, 0.717) is 49.6 Å². The second-order valence-electron chi connectivity index (χ2n) is 7.59. The van der Waals surface area contributed by atoms with Crippen LogP contribution in [0, 0.1) is 11.3 Å². The minimum atomic E-state index is -4.61. The van der Waals surface area contributed by atoms with Gasteiger partial charge in [-0.1, -0.05) is 0 Å². The van der Waals surface area contributed by atoms with E-state index in [9.17, 15) is 23.2 Å². The number of hydrogen-bond donors (Lipinski definition) is 3. The van der Waals surface area contributed by atoms with Gasteiger partial charge in [-0.25, -0.2) is 14.8 Å². The van der Waals surface area contributed by atoms with Crippen LogP contribution in [0.15, 0.2) is 24.3 Å². The molecule has 0 atom stereocenters. The Hall–Kier alpha value is -3.85. The third-order valence-electron chi connectivity index (χ3n) is 5.30. The highest BCUT2D eigenvalue weighted by molar-refractivity contribution is 5.84. The predicted molar refractivity (Wildman–Crippen MR) is 117 cm³/mol. The summed E-state index contributed by atoms with van der Waals surface area (Å²) in [6.07, 6.45) is -4.61. The van der Waals surface area contributed by atoms with Gasteiger partial charge in [0.2, 0.25) is 0 Å². The van der Waals surface area contributed by atoms with Gasteiger partial charge in [-0.3, -0.25) is 0 Å². The number of nitrogens with one attached hydrogen (secondary N) is 3. The van der Waals surface area contributed by atoms with E-state index in [2.05, 4.69) is 25.6 Å². The van der Waals surface area contributed by atoms with E-state index in [1.807, 2.05) is 6.07 Å². The Bertz CT molecular complexity index is 1250. The maximum Gasteiger partial charge on any atom is 0.419 e. The number of carbonyl (C=O) groups excluding carboxylic acids is 1. The zero-order chi connectivity index (χ0) is 24.3. The third-order valence-corrected chi connectivity index (χ3v) is 5.30. The van der Waals surface area contributed by atoms with Crippen LogP contribution >= 0.6 is 0 Å². The fourth-order valence-corrected chi connectivity index (χ4v) is 3.71. The fourth-order valence-electron chi connectivity index (χ4n) is 3.71. The van der Waals surface area contributed by atoms with Crippen molar-refractivity contribution in [1.82, 2.24) is 30.5 Å². The monoisotopic (exact) mass is 473 g/mol. The lowest BCUT2D eigenvalue weighted by Gasteiger charge is -2.14. The summed E-state index contributed by atoms with van der Waals surface area (Å²) in [6, 6.07) is 7.14. The van der Waals surface area contributed by atoms with E-state index in [4.69, 9.17) is 4.74 Å². The number of alkyl halides is 3. The van der Waals surface area contributed by atoms with Crippen LogP contribution in [0.3, 0.4) is 0 Å². The SMILES string of the molecule is CCOc1ccc(-c2cc3[nH]c(CNCCN4CCNC4=O)nc3c(C#N)n2)cc1C(F)(F)F. The van der Waals surface area contributed by atoms with Crippen molar-refractivity contribution >= 4 is 17.1 Å². The van der Waals surface area contributed by atoms with E-state index in [-0.39, 0.29) is 35.3 Å². The van der Waals surface area contributed by atoms with Gasteiger partial charge in [0.1, 0.15) is 23.2 Å². The summed E-state index contributed by atoms with van der Waals surface area (Å²) >= 11 is 0. The van der Waals surface area contributed by atoms with Gasteiger partial charge >= 0.3 is 12.2 Å². The minimum absolute atomic E-state index is 0.00572. The van der Waals surface area contributed by atoms with E-state index in [0.717, 1.165) is 6.07 Å². The molecule has 12 heteroatoms.